The van der Waals surface area contributed by atoms with Crippen molar-refractivity contribution in [2.75, 3.05) is 6.54 Å². The van der Waals surface area contributed by atoms with Crippen LogP contribution < -0.4 is 15.4 Å². The van der Waals surface area contributed by atoms with Gasteiger partial charge in [0.2, 0.25) is 0 Å². The van der Waals surface area contributed by atoms with Crippen LogP contribution in [0, 0.1) is 12.7 Å². The molecule has 140 valence electrons. The van der Waals surface area contributed by atoms with Crippen LogP contribution in [0.5, 0.6) is 5.75 Å². The lowest BCUT2D eigenvalue weighted by Crippen LogP contribution is -2.37. The molecule has 0 aliphatic rings. The van der Waals surface area contributed by atoms with E-state index >= 15 is 0 Å². The molecule has 0 bridgehead atoms. The summed E-state index contributed by atoms with van der Waals surface area (Å²) in [7, 11) is 0. The fourth-order valence-corrected chi connectivity index (χ4v) is 2.26. The van der Waals surface area contributed by atoms with Crippen molar-refractivity contribution in [2.24, 2.45) is 4.99 Å². The standard InChI is InChI=1S/C18H21F3N4O/c1-3-22-18(25-11-15-14(19)5-4-8-23-15)24-10-13-9-12(2)6-7-16(13)26-17(20)21/h4-9,17H,3,10-11H2,1-2H3,(H2,22,24,25). The second-order valence-corrected chi connectivity index (χ2v) is 5.47. The summed E-state index contributed by atoms with van der Waals surface area (Å²) < 4.78 is 43.3. The van der Waals surface area contributed by atoms with Crippen molar-refractivity contribution in [3.8, 4) is 5.75 Å². The minimum atomic E-state index is -2.90. The number of guanidine groups is 1. The van der Waals surface area contributed by atoms with Gasteiger partial charge in [-0.15, -0.1) is 0 Å². The number of nitrogens with zero attached hydrogens (tertiary/aromatic N) is 2. The van der Waals surface area contributed by atoms with Crippen LogP contribution in [0.25, 0.3) is 0 Å². The van der Waals surface area contributed by atoms with Crippen molar-refractivity contribution < 1.29 is 17.9 Å². The first kappa shape index (κ1) is 19.6. The summed E-state index contributed by atoms with van der Waals surface area (Å²) in [5.74, 6) is 0.0881. The summed E-state index contributed by atoms with van der Waals surface area (Å²) >= 11 is 0. The Balaban J connectivity index is 2.11. The van der Waals surface area contributed by atoms with Gasteiger partial charge < -0.3 is 15.4 Å². The molecule has 0 fully saturated rings. The highest BCUT2D eigenvalue weighted by molar-refractivity contribution is 5.79. The molecule has 0 aliphatic heterocycles. The van der Waals surface area contributed by atoms with E-state index in [1.807, 2.05) is 13.8 Å². The van der Waals surface area contributed by atoms with Gasteiger partial charge in [0.25, 0.3) is 0 Å². The van der Waals surface area contributed by atoms with E-state index in [0.29, 0.717) is 18.1 Å². The van der Waals surface area contributed by atoms with Crippen LogP contribution in [0.2, 0.25) is 0 Å². The number of rotatable bonds is 7. The first-order valence-electron chi connectivity index (χ1n) is 8.15. The second kappa shape index (κ2) is 9.65. The minimum absolute atomic E-state index is 0.0842. The Hall–Kier alpha value is -2.77. The Morgan fingerprint density at radius 3 is 2.77 bits per heavy atom. The average Bonchev–Trinajstić information content (AvgIpc) is 2.60. The van der Waals surface area contributed by atoms with Gasteiger partial charge in [0.15, 0.2) is 5.96 Å². The van der Waals surface area contributed by atoms with Crippen LogP contribution in [0.1, 0.15) is 23.7 Å². The quantitative estimate of drug-likeness (QED) is 0.583. The van der Waals surface area contributed by atoms with E-state index < -0.39 is 12.4 Å². The summed E-state index contributed by atoms with van der Waals surface area (Å²) in [6, 6.07) is 7.77. The van der Waals surface area contributed by atoms with Gasteiger partial charge >= 0.3 is 6.61 Å². The predicted octanol–water partition coefficient (Wildman–Crippen LogP) is 3.39. The zero-order valence-corrected chi connectivity index (χ0v) is 14.6. The topological polar surface area (TPSA) is 58.5 Å². The molecule has 0 spiro atoms. The third-order valence-corrected chi connectivity index (χ3v) is 3.44. The Morgan fingerprint density at radius 1 is 1.27 bits per heavy atom. The summed E-state index contributed by atoms with van der Waals surface area (Å²) in [6.45, 7) is 1.70. The van der Waals surface area contributed by atoms with Crippen molar-refractivity contribution in [3.05, 3.63) is 59.2 Å². The normalized spacial score (nSPS) is 11.5. The Labute approximate surface area is 150 Å². The number of nitrogens with one attached hydrogen (secondary N) is 2. The molecule has 0 aliphatic carbocycles. The van der Waals surface area contributed by atoms with Crippen molar-refractivity contribution in [2.45, 2.75) is 33.5 Å². The van der Waals surface area contributed by atoms with E-state index in [2.05, 4.69) is 25.3 Å². The molecule has 26 heavy (non-hydrogen) atoms. The summed E-state index contributed by atoms with van der Waals surface area (Å²) in [4.78, 5) is 8.32. The molecule has 0 saturated heterocycles. The fraction of sp³-hybridized carbons (Fsp3) is 0.333. The van der Waals surface area contributed by atoms with E-state index in [9.17, 15) is 13.2 Å². The average molecular weight is 366 g/mol. The number of pyridine rings is 1. The largest absolute Gasteiger partial charge is 0.434 e. The van der Waals surface area contributed by atoms with Gasteiger partial charge in [-0.2, -0.15) is 8.78 Å². The first-order valence-corrected chi connectivity index (χ1v) is 8.15. The van der Waals surface area contributed by atoms with Crippen molar-refractivity contribution >= 4 is 5.96 Å². The molecule has 1 heterocycles. The van der Waals surface area contributed by atoms with Crippen LogP contribution in [0.3, 0.4) is 0 Å². The number of hydrogen-bond acceptors (Lipinski definition) is 3. The highest BCUT2D eigenvalue weighted by Crippen LogP contribution is 2.22. The molecule has 0 radical (unpaired) electrons. The third kappa shape index (κ3) is 5.94. The van der Waals surface area contributed by atoms with E-state index in [-0.39, 0.29) is 24.5 Å². The molecule has 1 aromatic heterocycles. The predicted molar refractivity (Wildman–Crippen MR) is 93.7 cm³/mol. The summed E-state index contributed by atoms with van der Waals surface area (Å²) in [5.41, 5.74) is 1.70. The molecule has 5 nitrogen and oxygen atoms in total. The van der Waals surface area contributed by atoms with Crippen molar-refractivity contribution in [1.82, 2.24) is 15.6 Å². The molecule has 2 aromatic rings. The van der Waals surface area contributed by atoms with E-state index in [0.717, 1.165) is 5.56 Å². The van der Waals surface area contributed by atoms with Gasteiger partial charge in [0.1, 0.15) is 11.6 Å². The molecular weight excluding hydrogens is 345 g/mol. The fourth-order valence-electron chi connectivity index (χ4n) is 2.26. The number of aryl methyl sites for hydroxylation is 1. The van der Waals surface area contributed by atoms with Crippen LogP contribution in [-0.4, -0.2) is 24.1 Å². The monoisotopic (exact) mass is 366 g/mol. The Bertz CT molecular complexity index is 753. The SMILES string of the molecule is CCNC(=NCc1cc(C)ccc1OC(F)F)NCc1ncccc1F. The summed E-state index contributed by atoms with van der Waals surface area (Å²) in [5, 5.41) is 5.99. The molecule has 0 unspecified atom stereocenters. The number of halogens is 3. The van der Waals surface area contributed by atoms with E-state index in [4.69, 9.17) is 0 Å². The molecule has 2 rings (SSSR count). The number of aromatic nitrogens is 1. The first-order chi connectivity index (χ1) is 12.5. The van der Waals surface area contributed by atoms with E-state index in [1.54, 1.807) is 12.1 Å². The molecule has 0 atom stereocenters. The van der Waals surface area contributed by atoms with E-state index in [1.165, 1.54) is 24.4 Å². The molecule has 0 saturated carbocycles. The molecule has 1 aromatic carbocycles. The van der Waals surface area contributed by atoms with Crippen LogP contribution in [0.15, 0.2) is 41.5 Å². The maximum Gasteiger partial charge on any atom is 0.387 e. The Morgan fingerprint density at radius 2 is 2.08 bits per heavy atom. The smallest absolute Gasteiger partial charge is 0.387 e. The maximum atomic E-state index is 13.6. The number of hydrogen-bond donors (Lipinski definition) is 2. The highest BCUT2D eigenvalue weighted by Gasteiger charge is 2.10. The minimum Gasteiger partial charge on any atom is -0.434 e. The lowest BCUT2D eigenvalue weighted by atomic mass is 10.1. The number of ether oxygens (including phenoxy) is 1. The van der Waals surface area contributed by atoms with Gasteiger partial charge in [-0.25, -0.2) is 9.38 Å². The molecule has 2 N–H and O–H groups in total. The van der Waals surface area contributed by atoms with Crippen molar-refractivity contribution in [1.29, 1.82) is 0 Å². The number of benzene rings is 1. The van der Waals surface area contributed by atoms with Gasteiger partial charge in [-0.3, -0.25) is 4.98 Å². The Kier molecular flexibility index (Phi) is 7.25. The van der Waals surface area contributed by atoms with Crippen molar-refractivity contribution in [3.63, 3.8) is 0 Å². The van der Waals surface area contributed by atoms with Gasteiger partial charge in [0, 0.05) is 18.3 Å². The van der Waals surface area contributed by atoms with Crippen LogP contribution >= 0.6 is 0 Å². The highest BCUT2D eigenvalue weighted by atomic mass is 19.3. The zero-order valence-electron chi connectivity index (χ0n) is 14.6. The van der Waals surface area contributed by atoms with Gasteiger partial charge in [0.05, 0.1) is 18.8 Å². The van der Waals surface area contributed by atoms with Gasteiger partial charge in [-0.1, -0.05) is 17.7 Å². The molecule has 8 heteroatoms. The third-order valence-electron chi connectivity index (χ3n) is 3.44. The van der Waals surface area contributed by atoms with Crippen LogP contribution in [0.4, 0.5) is 13.2 Å². The molecule has 0 amide bonds. The lowest BCUT2D eigenvalue weighted by molar-refractivity contribution is -0.0504. The zero-order chi connectivity index (χ0) is 18.9. The number of aliphatic imine (C=N–C) groups is 1. The molecular formula is C18H21F3N4O. The second-order valence-electron chi connectivity index (χ2n) is 5.47. The number of alkyl halides is 2. The van der Waals surface area contributed by atoms with Crippen LogP contribution in [-0.2, 0) is 13.1 Å². The lowest BCUT2D eigenvalue weighted by Gasteiger charge is -2.13. The maximum absolute atomic E-state index is 13.6. The van der Waals surface area contributed by atoms with Gasteiger partial charge in [-0.05, 0) is 32.0 Å². The summed E-state index contributed by atoms with van der Waals surface area (Å²) in [6.07, 6.45) is 1.50.